The van der Waals surface area contributed by atoms with Gasteiger partial charge in [-0.15, -0.1) is 0 Å². The summed E-state index contributed by atoms with van der Waals surface area (Å²) in [5, 5.41) is -4.86. The van der Waals surface area contributed by atoms with E-state index in [2.05, 4.69) is 0 Å². The molecule has 2 heterocycles. The average molecular weight is 574 g/mol. The van der Waals surface area contributed by atoms with E-state index in [0.29, 0.717) is 0 Å². The molecule has 1 aliphatic rings. The van der Waals surface area contributed by atoms with Gasteiger partial charge in [-0.3, -0.25) is 0 Å². The lowest BCUT2D eigenvalue weighted by molar-refractivity contribution is 0.00578. The first-order valence-corrected chi connectivity index (χ1v) is 14.6. The van der Waals surface area contributed by atoms with Gasteiger partial charge in [-0.25, -0.2) is 0 Å². The van der Waals surface area contributed by atoms with Crippen LogP contribution in [0, 0.1) is 0 Å². The zero-order valence-corrected chi connectivity index (χ0v) is 23.3. The summed E-state index contributed by atoms with van der Waals surface area (Å²) in [6, 6.07) is -20.8. The fourth-order valence-electron chi connectivity index (χ4n) is 4.74. The van der Waals surface area contributed by atoms with Crippen LogP contribution in [0.2, 0.25) is 0 Å². The van der Waals surface area contributed by atoms with Gasteiger partial charge in [0.25, 0.3) is 0 Å². The van der Waals surface area contributed by atoms with Gasteiger partial charge in [-0.2, -0.15) is 0 Å². The van der Waals surface area contributed by atoms with Gasteiger partial charge < -0.3 is 13.7 Å². The van der Waals surface area contributed by atoms with Crippen molar-refractivity contribution in [3.63, 3.8) is 0 Å². The standard InChI is InChI=1S/C36H33BO3Si/c1-35(2)36(3,4)40-37(39-35)26-14-13-19-29(24-26)41(27-15-7-5-8-16-27,28-17-9-6-10-18-28)30-22-23-34-32(25-30)31-20-11-12-21-33(31)38-34/h5-25H,1-4H3/i5D,6D,7D,8D,9D,10D,11D,12D,13D,14D,15D,16D,17D,18D,19D,20D,21D,22D,23D,24D,25D. The summed E-state index contributed by atoms with van der Waals surface area (Å²) in [7, 11) is -7.81. The first-order valence-electron chi connectivity index (χ1n) is 23.1. The Balaban J connectivity index is 1.93. The number of furan rings is 1. The number of para-hydroxylation sites is 1. The normalized spacial score (nSPS) is 23.6. The van der Waals surface area contributed by atoms with Crippen LogP contribution in [0.3, 0.4) is 0 Å². The van der Waals surface area contributed by atoms with Crippen molar-refractivity contribution in [3.05, 3.63) is 127 Å². The van der Waals surface area contributed by atoms with Gasteiger partial charge in [0.2, 0.25) is 0 Å². The minimum absolute atomic E-state index is 0.506. The third-order valence-electron chi connectivity index (χ3n) is 7.52. The second kappa shape index (κ2) is 9.59. The second-order valence-electron chi connectivity index (χ2n) is 10.4. The smallest absolute Gasteiger partial charge is 0.456 e. The molecule has 5 aromatic carbocycles. The van der Waals surface area contributed by atoms with E-state index in [-0.39, 0.29) is 0 Å². The van der Waals surface area contributed by atoms with Gasteiger partial charge in [0.15, 0.2) is 8.07 Å². The van der Waals surface area contributed by atoms with Crippen LogP contribution in [0.4, 0.5) is 0 Å². The summed E-state index contributed by atoms with van der Waals surface area (Å²) in [6.45, 7) is 6.53. The van der Waals surface area contributed by atoms with Crippen LogP contribution < -0.4 is 26.2 Å². The van der Waals surface area contributed by atoms with E-state index in [0.717, 1.165) is 0 Å². The molecule has 0 atom stereocenters. The number of fused-ring (bicyclic) bond motifs is 3. The van der Waals surface area contributed by atoms with Crippen molar-refractivity contribution in [3.8, 4) is 0 Å². The lowest BCUT2D eigenvalue weighted by Gasteiger charge is -2.34. The van der Waals surface area contributed by atoms with E-state index in [1.165, 1.54) is 0 Å². The number of rotatable bonds is 5. The number of hydrogen-bond donors (Lipinski definition) is 0. The monoisotopic (exact) mass is 573 g/mol. The summed E-state index contributed by atoms with van der Waals surface area (Å²) in [5.41, 5.74) is -4.11. The van der Waals surface area contributed by atoms with Crippen LogP contribution in [-0.2, 0) is 9.31 Å². The van der Waals surface area contributed by atoms with E-state index in [4.69, 9.17) is 28.8 Å². The van der Waals surface area contributed by atoms with Crippen molar-refractivity contribution >= 4 is 63.3 Å². The molecule has 1 saturated heterocycles. The molecule has 5 heteroatoms. The van der Waals surface area contributed by atoms with E-state index < -0.39 is 201 Å². The molecule has 41 heavy (non-hydrogen) atoms. The highest BCUT2D eigenvalue weighted by Gasteiger charge is 2.52. The van der Waals surface area contributed by atoms with Crippen LogP contribution >= 0.6 is 0 Å². The molecule has 0 N–H and O–H groups in total. The molecular formula is C36H33BO3Si. The second-order valence-corrected chi connectivity index (χ2v) is 13.9. The zero-order chi connectivity index (χ0) is 46.5. The molecule has 1 aliphatic heterocycles. The van der Waals surface area contributed by atoms with Crippen molar-refractivity contribution < 1.29 is 42.5 Å². The first-order chi connectivity index (χ1) is 28.5. The summed E-state index contributed by atoms with van der Waals surface area (Å²) in [5.74, 6) is 0. The predicted molar refractivity (Wildman–Crippen MR) is 173 cm³/mol. The molecule has 0 saturated carbocycles. The number of benzene rings is 5. The van der Waals surface area contributed by atoms with Crippen LogP contribution in [0.15, 0.2) is 131 Å². The molecule has 0 amide bonds. The minimum Gasteiger partial charge on any atom is -0.456 e. The Kier molecular flexibility index (Phi) is 2.75. The lowest BCUT2D eigenvalue weighted by atomic mass is 9.79. The Labute approximate surface area is 272 Å². The molecule has 6 aromatic rings. The Morgan fingerprint density at radius 3 is 1.73 bits per heavy atom. The summed E-state index contributed by atoms with van der Waals surface area (Å²) in [4.78, 5) is 0. The van der Waals surface area contributed by atoms with Crippen molar-refractivity contribution in [1.29, 1.82) is 0 Å². The molecule has 0 aliphatic carbocycles. The first kappa shape index (κ1) is 11.8. The molecular weight excluding hydrogens is 519 g/mol. The highest BCUT2D eigenvalue weighted by atomic mass is 28.3. The molecule has 1 fully saturated rings. The molecule has 0 bridgehead atoms. The maximum atomic E-state index is 9.97. The molecule has 3 nitrogen and oxygen atoms in total. The Bertz CT molecular complexity index is 2880. The van der Waals surface area contributed by atoms with Gasteiger partial charge in [0.05, 0.1) is 40.0 Å². The van der Waals surface area contributed by atoms with Gasteiger partial charge in [0, 0.05) is 10.8 Å². The topological polar surface area (TPSA) is 31.6 Å². The van der Waals surface area contributed by atoms with E-state index in [1.54, 1.807) is 27.7 Å². The molecule has 7 rings (SSSR count). The Hall–Kier alpha value is -3.90. The average Bonchev–Trinajstić information content (AvgIpc) is 3.71. The quantitative estimate of drug-likeness (QED) is 0.208. The highest BCUT2D eigenvalue weighted by Crippen LogP contribution is 2.36. The molecule has 1 aromatic heterocycles. The van der Waals surface area contributed by atoms with Crippen molar-refractivity contribution in [2.24, 2.45) is 0 Å². The van der Waals surface area contributed by atoms with Gasteiger partial charge in [-0.1, -0.05) is 115 Å². The fraction of sp³-hybridized carbons (Fsp3) is 0.167. The van der Waals surface area contributed by atoms with E-state index >= 15 is 0 Å². The maximum absolute atomic E-state index is 9.97. The molecule has 0 radical (unpaired) electrons. The van der Waals surface area contributed by atoms with Crippen LogP contribution in [0.1, 0.15) is 56.5 Å². The maximum Gasteiger partial charge on any atom is 0.494 e. The Morgan fingerprint density at radius 2 is 1.07 bits per heavy atom. The number of hydrogen-bond acceptors (Lipinski definition) is 3. The third-order valence-corrected chi connectivity index (χ3v) is 11.5. The van der Waals surface area contributed by atoms with Gasteiger partial charge >= 0.3 is 7.12 Å². The van der Waals surface area contributed by atoms with Crippen LogP contribution in [0.5, 0.6) is 0 Å². The van der Waals surface area contributed by atoms with Crippen molar-refractivity contribution in [1.82, 2.24) is 0 Å². The largest absolute Gasteiger partial charge is 0.494 e. The predicted octanol–water partition coefficient (Wildman–Crippen LogP) is 5.26. The van der Waals surface area contributed by atoms with Crippen molar-refractivity contribution in [2.75, 3.05) is 0 Å². The van der Waals surface area contributed by atoms with Gasteiger partial charge in [0.1, 0.15) is 11.2 Å². The molecule has 202 valence electrons. The molecule has 0 unspecified atom stereocenters. The summed E-state index contributed by atoms with van der Waals surface area (Å²) < 4.78 is 209. The highest BCUT2D eigenvalue weighted by molar-refractivity contribution is 7.20. The minimum atomic E-state index is -6.12. The van der Waals surface area contributed by atoms with Gasteiger partial charge in [-0.05, 0) is 66.0 Å². The lowest BCUT2D eigenvalue weighted by Crippen LogP contribution is -2.75. The van der Waals surface area contributed by atoms with Crippen LogP contribution in [0.25, 0.3) is 21.9 Å². The van der Waals surface area contributed by atoms with E-state index in [9.17, 15) is 13.7 Å². The van der Waals surface area contributed by atoms with Crippen LogP contribution in [-0.4, -0.2) is 26.4 Å². The fourth-order valence-corrected chi connectivity index (χ4v) is 8.37. The molecule has 0 spiro atoms. The Morgan fingerprint density at radius 1 is 0.537 bits per heavy atom. The summed E-state index contributed by atoms with van der Waals surface area (Å²) >= 11 is 0. The zero-order valence-electron chi connectivity index (χ0n) is 43.3. The van der Waals surface area contributed by atoms with Crippen molar-refractivity contribution in [2.45, 2.75) is 38.9 Å². The van der Waals surface area contributed by atoms with E-state index in [1.807, 2.05) is 0 Å². The SMILES string of the molecule is [2H]c1c([2H])c([2H])c([Si](c2c([2H])c([2H])c([2H])c([2H])c2[2H])(c2c([2H])c([2H])c([2H])c(B3OC(C)(C)C(C)(C)O3)c2[2H])c2c([2H])c([2H])c3oc4c([2H])c([2H])c([2H])c([2H])c4c3c2[2H])c([2H])c1[2H]. The third kappa shape index (κ3) is 4.11. The summed E-state index contributed by atoms with van der Waals surface area (Å²) in [6.07, 6.45) is 0.